The van der Waals surface area contributed by atoms with Crippen molar-refractivity contribution >= 4 is 17.4 Å². The average molecular weight is 417 g/mol. The van der Waals surface area contributed by atoms with Gasteiger partial charge in [0.1, 0.15) is 11.6 Å². The number of rotatable bonds is 8. The number of hydrogen-bond acceptors (Lipinski definition) is 5. The van der Waals surface area contributed by atoms with Crippen LogP contribution in [0.1, 0.15) is 49.3 Å². The second-order valence-corrected chi connectivity index (χ2v) is 8.34. The van der Waals surface area contributed by atoms with Crippen molar-refractivity contribution < 1.29 is 5.11 Å². The molecule has 2 heterocycles. The normalized spacial score (nSPS) is 16.2. The Labute approximate surface area is 179 Å². The predicted octanol–water partition coefficient (Wildman–Crippen LogP) is 3.87. The number of aliphatic hydroxyl groups is 1. The molecule has 0 aliphatic carbocycles. The second-order valence-electron chi connectivity index (χ2n) is 7.91. The van der Waals surface area contributed by atoms with Crippen LogP contribution in [0.3, 0.4) is 0 Å². The zero-order valence-corrected chi connectivity index (χ0v) is 18.6. The third-order valence-electron chi connectivity index (χ3n) is 5.57. The molecule has 1 saturated heterocycles. The van der Waals surface area contributed by atoms with E-state index in [0.717, 1.165) is 80.8 Å². The van der Waals surface area contributed by atoms with Gasteiger partial charge in [0.15, 0.2) is 0 Å². The van der Waals surface area contributed by atoms with Crippen molar-refractivity contribution in [3.63, 3.8) is 0 Å². The van der Waals surface area contributed by atoms with Crippen LogP contribution in [-0.2, 0) is 12.8 Å². The van der Waals surface area contributed by atoms with Crippen molar-refractivity contribution in [1.82, 2.24) is 14.9 Å². The zero-order chi connectivity index (χ0) is 20.8. The smallest absolute Gasteiger partial charge is 0.136 e. The van der Waals surface area contributed by atoms with E-state index in [4.69, 9.17) is 21.6 Å². The maximum absolute atomic E-state index is 10.1. The molecule has 1 unspecified atom stereocenters. The van der Waals surface area contributed by atoms with E-state index < -0.39 is 0 Å². The zero-order valence-electron chi connectivity index (χ0n) is 17.9. The number of halogens is 1. The van der Waals surface area contributed by atoms with Gasteiger partial charge in [0.2, 0.25) is 0 Å². The standard InChI is InChI=1S/C23H33ClN4O/c1-4-6-20(29)16-27-11-13-28(14-12-27)23-21(22(5-2)25-17(3)26-23)15-18-7-9-19(24)10-8-18/h7-10,20,29H,4-6,11-16H2,1-3H3. The minimum absolute atomic E-state index is 0.222. The summed E-state index contributed by atoms with van der Waals surface area (Å²) in [4.78, 5) is 14.3. The van der Waals surface area contributed by atoms with E-state index in [1.54, 1.807) is 0 Å². The quantitative estimate of drug-likeness (QED) is 0.707. The summed E-state index contributed by atoms with van der Waals surface area (Å²) in [7, 11) is 0. The highest BCUT2D eigenvalue weighted by molar-refractivity contribution is 6.30. The topological polar surface area (TPSA) is 52.5 Å². The molecule has 1 aromatic carbocycles. The minimum atomic E-state index is -0.222. The van der Waals surface area contributed by atoms with Crippen LogP contribution in [0, 0.1) is 6.92 Å². The fourth-order valence-electron chi connectivity index (χ4n) is 4.04. The van der Waals surface area contributed by atoms with Crippen LogP contribution in [-0.4, -0.2) is 58.8 Å². The number of aliphatic hydroxyl groups excluding tert-OH is 1. The molecule has 3 rings (SSSR count). The Morgan fingerprint density at radius 2 is 1.76 bits per heavy atom. The van der Waals surface area contributed by atoms with Crippen LogP contribution in [0.25, 0.3) is 0 Å². The number of aromatic nitrogens is 2. The highest BCUT2D eigenvalue weighted by Crippen LogP contribution is 2.26. The van der Waals surface area contributed by atoms with Crippen molar-refractivity contribution in [2.75, 3.05) is 37.6 Å². The molecule has 0 spiro atoms. The highest BCUT2D eigenvalue weighted by atomic mass is 35.5. The van der Waals surface area contributed by atoms with E-state index in [9.17, 15) is 5.11 Å². The molecule has 1 N–H and O–H groups in total. The lowest BCUT2D eigenvalue weighted by atomic mass is 10.0. The van der Waals surface area contributed by atoms with Crippen LogP contribution in [0.5, 0.6) is 0 Å². The largest absolute Gasteiger partial charge is 0.392 e. The molecule has 29 heavy (non-hydrogen) atoms. The third kappa shape index (κ3) is 5.91. The highest BCUT2D eigenvalue weighted by Gasteiger charge is 2.23. The maximum atomic E-state index is 10.1. The average Bonchev–Trinajstić information content (AvgIpc) is 2.71. The van der Waals surface area contributed by atoms with Crippen LogP contribution in [0.2, 0.25) is 5.02 Å². The minimum Gasteiger partial charge on any atom is -0.392 e. The molecule has 1 aromatic heterocycles. The first-order valence-corrected chi connectivity index (χ1v) is 11.1. The fourth-order valence-corrected chi connectivity index (χ4v) is 4.17. The first-order chi connectivity index (χ1) is 14.0. The summed E-state index contributed by atoms with van der Waals surface area (Å²) in [5.74, 6) is 1.90. The van der Waals surface area contributed by atoms with E-state index >= 15 is 0 Å². The number of anilines is 1. The molecule has 0 saturated carbocycles. The second kappa shape index (κ2) is 10.4. The van der Waals surface area contributed by atoms with Crippen molar-refractivity contribution in [2.45, 2.75) is 52.6 Å². The van der Waals surface area contributed by atoms with Gasteiger partial charge in [-0.15, -0.1) is 0 Å². The number of hydrogen-bond donors (Lipinski definition) is 1. The Morgan fingerprint density at radius 1 is 1.07 bits per heavy atom. The van der Waals surface area contributed by atoms with E-state index in [0.29, 0.717) is 0 Å². The van der Waals surface area contributed by atoms with E-state index in [-0.39, 0.29) is 6.10 Å². The van der Waals surface area contributed by atoms with Gasteiger partial charge >= 0.3 is 0 Å². The predicted molar refractivity (Wildman–Crippen MR) is 120 cm³/mol. The first kappa shape index (κ1) is 22.0. The Balaban J connectivity index is 1.78. The molecule has 1 aliphatic heterocycles. The molecule has 1 aliphatic rings. The lowest BCUT2D eigenvalue weighted by Gasteiger charge is -2.37. The number of benzene rings is 1. The van der Waals surface area contributed by atoms with Gasteiger partial charge in [-0.1, -0.05) is 44.0 Å². The van der Waals surface area contributed by atoms with Crippen LogP contribution in [0.4, 0.5) is 5.82 Å². The van der Waals surface area contributed by atoms with Crippen molar-refractivity contribution in [2.24, 2.45) is 0 Å². The molecule has 0 bridgehead atoms. The summed E-state index contributed by atoms with van der Waals surface area (Å²) in [6.45, 7) is 10.8. The van der Waals surface area contributed by atoms with E-state index in [1.807, 2.05) is 19.1 Å². The van der Waals surface area contributed by atoms with Gasteiger partial charge in [0.05, 0.1) is 6.10 Å². The molecular weight excluding hydrogens is 384 g/mol. The number of nitrogens with zero attached hydrogens (tertiary/aromatic N) is 4. The Bertz CT molecular complexity index is 788. The molecule has 158 valence electrons. The maximum Gasteiger partial charge on any atom is 0.136 e. The van der Waals surface area contributed by atoms with E-state index in [1.165, 1.54) is 11.1 Å². The monoisotopic (exact) mass is 416 g/mol. The van der Waals surface area contributed by atoms with Crippen LogP contribution in [0.15, 0.2) is 24.3 Å². The number of aryl methyl sites for hydroxylation is 2. The van der Waals surface area contributed by atoms with Crippen molar-refractivity contribution in [3.8, 4) is 0 Å². The summed E-state index contributed by atoms with van der Waals surface area (Å²) < 4.78 is 0. The van der Waals surface area contributed by atoms with Gasteiger partial charge in [-0.2, -0.15) is 0 Å². The van der Waals surface area contributed by atoms with E-state index in [2.05, 4.69) is 35.8 Å². The molecule has 2 aromatic rings. The third-order valence-corrected chi connectivity index (χ3v) is 5.83. The molecule has 6 heteroatoms. The van der Waals surface area contributed by atoms with Crippen LogP contribution >= 0.6 is 11.6 Å². The first-order valence-electron chi connectivity index (χ1n) is 10.8. The molecule has 1 atom stereocenters. The fraction of sp³-hybridized carbons (Fsp3) is 0.565. The Morgan fingerprint density at radius 3 is 2.38 bits per heavy atom. The SMILES string of the molecule is CCCC(O)CN1CCN(c2nc(C)nc(CC)c2Cc2ccc(Cl)cc2)CC1. The van der Waals surface area contributed by atoms with Crippen molar-refractivity contribution in [1.29, 1.82) is 0 Å². The van der Waals surface area contributed by atoms with Crippen molar-refractivity contribution in [3.05, 3.63) is 51.9 Å². The summed E-state index contributed by atoms with van der Waals surface area (Å²) in [6.07, 6.45) is 3.37. The Hall–Kier alpha value is -1.69. The summed E-state index contributed by atoms with van der Waals surface area (Å²) in [5.41, 5.74) is 3.57. The van der Waals surface area contributed by atoms with Gasteiger partial charge in [-0.05, 0) is 37.5 Å². The molecule has 1 fully saturated rings. The molecule has 0 amide bonds. The summed E-state index contributed by atoms with van der Waals surface area (Å²) in [6, 6.07) is 8.05. The summed E-state index contributed by atoms with van der Waals surface area (Å²) in [5, 5.41) is 10.9. The van der Waals surface area contributed by atoms with Gasteiger partial charge in [0, 0.05) is 55.4 Å². The van der Waals surface area contributed by atoms with Crippen LogP contribution < -0.4 is 4.90 Å². The number of β-amino-alcohol motifs (C(OH)–C–C–N with tert-alkyl or cyclic N) is 1. The lowest BCUT2D eigenvalue weighted by molar-refractivity contribution is 0.101. The molecule has 5 nitrogen and oxygen atoms in total. The molecule has 0 radical (unpaired) electrons. The lowest BCUT2D eigenvalue weighted by Crippen LogP contribution is -2.49. The summed E-state index contributed by atoms with van der Waals surface area (Å²) >= 11 is 6.06. The van der Waals surface area contributed by atoms with Gasteiger partial charge in [0.25, 0.3) is 0 Å². The Kier molecular flexibility index (Phi) is 7.87. The van der Waals surface area contributed by atoms with Gasteiger partial charge in [-0.25, -0.2) is 9.97 Å². The van der Waals surface area contributed by atoms with Gasteiger partial charge in [-0.3, -0.25) is 4.90 Å². The van der Waals surface area contributed by atoms with Gasteiger partial charge < -0.3 is 10.0 Å². The molecular formula is C23H33ClN4O. The number of piperazine rings is 1.